The zero-order valence-electron chi connectivity index (χ0n) is 12.4. The van der Waals surface area contributed by atoms with Gasteiger partial charge in [-0.1, -0.05) is 0 Å². The Bertz CT molecular complexity index is 671. The number of aromatic nitrogens is 1. The van der Waals surface area contributed by atoms with Crippen LogP contribution in [0.2, 0.25) is 0 Å². The summed E-state index contributed by atoms with van der Waals surface area (Å²) in [6, 6.07) is 5.80. The minimum Gasteiger partial charge on any atom is -0.496 e. The van der Waals surface area contributed by atoms with E-state index in [1.807, 2.05) is 38.2 Å². The Morgan fingerprint density at radius 3 is 2.86 bits per heavy atom. The number of benzene rings is 1. The number of nitrogens with zero attached hydrogens (tertiary/aromatic N) is 1. The molecule has 0 saturated carbocycles. The van der Waals surface area contributed by atoms with E-state index in [4.69, 9.17) is 14.2 Å². The normalized spacial score (nSPS) is 12.3. The van der Waals surface area contributed by atoms with Gasteiger partial charge in [0, 0.05) is 29.1 Å². The van der Waals surface area contributed by atoms with Gasteiger partial charge in [-0.3, -0.25) is 4.98 Å². The lowest BCUT2D eigenvalue weighted by Gasteiger charge is -2.13. The summed E-state index contributed by atoms with van der Waals surface area (Å²) in [5.74, 6) is 2.45. The molecule has 1 N–H and O–H groups in total. The van der Waals surface area contributed by atoms with Crippen LogP contribution in [0.1, 0.15) is 16.8 Å². The zero-order valence-corrected chi connectivity index (χ0v) is 12.4. The molecule has 110 valence electrons. The Kier molecular flexibility index (Phi) is 3.56. The van der Waals surface area contributed by atoms with Crippen LogP contribution in [0.5, 0.6) is 17.2 Å². The average Bonchev–Trinajstić information content (AvgIpc) is 2.94. The molecule has 1 aliphatic rings. The number of methoxy groups -OCH3 is 1. The molecule has 21 heavy (non-hydrogen) atoms. The van der Waals surface area contributed by atoms with E-state index in [0.29, 0.717) is 6.54 Å². The molecule has 0 unspecified atom stereocenters. The fourth-order valence-electron chi connectivity index (χ4n) is 2.44. The van der Waals surface area contributed by atoms with Crippen molar-refractivity contribution < 1.29 is 14.2 Å². The van der Waals surface area contributed by atoms with Crippen molar-refractivity contribution in [3.8, 4) is 17.2 Å². The number of aryl methyl sites for hydroxylation is 1. The monoisotopic (exact) mass is 286 g/mol. The van der Waals surface area contributed by atoms with Crippen molar-refractivity contribution in [1.29, 1.82) is 0 Å². The maximum Gasteiger partial charge on any atom is 0.231 e. The third kappa shape index (κ3) is 2.59. The average molecular weight is 286 g/mol. The van der Waals surface area contributed by atoms with Crippen molar-refractivity contribution in [2.75, 3.05) is 19.2 Å². The predicted octanol–water partition coefficient (Wildman–Crippen LogP) is 3.05. The van der Waals surface area contributed by atoms with Gasteiger partial charge in [0.25, 0.3) is 0 Å². The molecule has 0 amide bonds. The second kappa shape index (κ2) is 5.52. The Balaban J connectivity index is 1.76. The fourth-order valence-corrected chi connectivity index (χ4v) is 2.44. The molecule has 0 atom stereocenters. The standard InChI is InChI=1S/C16H18N2O3/c1-10-7-18-13(11(2)16(10)19-3)8-17-12-4-5-14-15(6-12)21-9-20-14/h4-7,17H,8-9H2,1-3H3. The Hall–Kier alpha value is -2.43. The summed E-state index contributed by atoms with van der Waals surface area (Å²) in [5.41, 5.74) is 4.04. The summed E-state index contributed by atoms with van der Waals surface area (Å²) in [7, 11) is 1.68. The third-order valence-electron chi connectivity index (χ3n) is 3.58. The molecular formula is C16H18N2O3. The second-order valence-electron chi connectivity index (χ2n) is 4.97. The van der Waals surface area contributed by atoms with Gasteiger partial charge in [-0.05, 0) is 26.0 Å². The molecular weight excluding hydrogens is 268 g/mol. The molecule has 1 aromatic carbocycles. The molecule has 0 fully saturated rings. The number of pyridine rings is 1. The van der Waals surface area contributed by atoms with E-state index in [-0.39, 0.29) is 6.79 Å². The summed E-state index contributed by atoms with van der Waals surface area (Å²) in [6.07, 6.45) is 1.84. The maximum absolute atomic E-state index is 5.42. The minimum absolute atomic E-state index is 0.286. The molecule has 0 radical (unpaired) electrons. The number of fused-ring (bicyclic) bond motifs is 1. The van der Waals surface area contributed by atoms with Gasteiger partial charge in [0.2, 0.25) is 6.79 Å². The molecule has 5 heteroatoms. The van der Waals surface area contributed by atoms with Gasteiger partial charge in [0.1, 0.15) is 5.75 Å². The molecule has 1 aromatic heterocycles. The molecule has 0 spiro atoms. The first-order valence-corrected chi connectivity index (χ1v) is 6.81. The van der Waals surface area contributed by atoms with Crippen molar-refractivity contribution in [2.45, 2.75) is 20.4 Å². The van der Waals surface area contributed by atoms with Crippen LogP contribution in [-0.4, -0.2) is 18.9 Å². The number of hydrogen-bond donors (Lipinski definition) is 1. The lowest BCUT2D eigenvalue weighted by Crippen LogP contribution is -2.06. The van der Waals surface area contributed by atoms with Crippen LogP contribution >= 0.6 is 0 Å². The van der Waals surface area contributed by atoms with E-state index in [1.165, 1.54) is 0 Å². The van der Waals surface area contributed by atoms with Crippen molar-refractivity contribution in [2.24, 2.45) is 0 Å². The first-order chi connectivity index (χ1) is 10.2. The van der Waals surface area contributed by atoms with E-state index in [9.17, 15) is 0 Å². The van der Waals surface area contributed by atoms with E-state index >= 15 is 0 Å². The SMILES string of the molecule is COc1c(C)cnc(CNc2ccc3c(c2)OCO3)c1C. The Labute approximate surface area is 123 Å². The summed E-state index contributed by atoms with van der Waals surface area (Å²) in [6.45, 7) is 4.93. The smallest absolute Gasteiger partial charge is 0.231 e. The highest BCUT2D eigenvalue weighted by Gasteiger charge is 2.14. The van der Waals surface area contributed by atoms with E-state index in [1.54, 1.807) is 7.11 Å². The van der Waals surface area contributed by atoms with E-state index < -0.39 is 0 Å². The Morgan fingerprint density at radius 1 is 1.24 bits per heavy atom. The lowest BCUT2D eigenvalue weighted by atomic mass is 10.1. The summed E-state index contributed by atoms with van der Waals surface area (Å²) in [4.78, 5) is 4.48. The Morgan fingerprint density at radius 2 is 2.05 bits per heavy atom. The van der Waals surface area contributed by atoms with Gasteiger partial charge in [-0.15, -0.1) is 0 Å². The third-order valence-corrected chi connectivity index (χ3v) is 3.58. The van der Waals surface area contributed by atoms with Crippen molar-refractivity contribution in [3.63, 3.8) is 0 Å². The van der Waals surface area contributed by atoms with Gasteiger partial charge in [0.15, 0.2) is 11.5 Å². The highest BCUT2D eigenvalue weighted by Crippen LogP contribution is 2.34. The second-order valence-corrected chi connectivity index (χ2v) is 4.97. The zero-order chi connectivity index (χ0) is 14.8. The molecule has 0 saturated heterocycles. The van der Waals surface area contributed by atoms with Gasteiger partial charge in [0.05, 0.1) is 19.3 Å². The summed E-state index contributed by atoms with van der Waals surface area (Å²) in [5, 5.41) is 3.35. The first-order valence-electron chi connectivity index (χ1n) is 6.81. The van der Waals surface area contributed by atoms with Gasteiger partial charge >= 0.3 is 0 Å². The molecule has 1 aliphatic heterocycles. The van der Waals surface area contributed by atoms with Gasteiger partial charge in [-0.2, -0.15) is 0 Å². The van der Waals surface area contributed by atoms with Crippen LogP contribution in [0.15, 0.2) is 24.4 Å². The highest BCUT2D eigenvalue weighted by atomic mass is 16.7. The van der Waals surface area contributed by atoms with Crippen molar-refractivity contribution >= 4 is 5.69 Å². The number of ether oxygens (including phenoxy) is 3. The van der Waals surface area contributed by atoms with Crippen LogP contribution < -0.4 is 19.5 Å². The maximum atomic E-state index is 5.42. The first kappa shape index (κ1) is 13.5. The highest BCUT2D eigenvalue weighted by molar-refractivity contribution is 5.56. The minimum atomic E-state index is 0.286. The summed E-state index contributed by atoms with van der Waals surface area (Å²) < 4.78 is 16.1. The molecule has 2 heterocycles. The largest absolute Gasteiger partial charge is 0.496 e. The van der Waals surface area contributed by atoms with E-state index in [0.717, 1.165) is 39.8 Å². The van der Waals surface area contributed by atoms with Crippen LogP contribution in [0.25, 0.3) is 0 Å². The topological polar surface area (TPSA) is 52.6 Å². The molecule has 5 nitrogen and oxygen atoms in total. The number of rotatable bonds is 4. The molecule has 0 aliphatic carbocycles. The van der Waals surface area contributed by atoms with Crippen LogP contribution in [0.3, 0.4) is 0 Å². The molecule has 3 rings (SSSR count). The number of anilines is 1. The van der Waals surface area contributed by atoms with Crippen LogP contribution in [-0.2, 0) is 6.54 Å². The van der Waals surface area contributed by atoms with E-state index in [2.05, 4.69) is 10.3 Å². The van der Waals surface area contributed by atoms with Crippen LogP contribution in [0.4, 0.5) is 5.69 Å². The fraction of sp³-hybridized carbons (Fsp3) is 0.312. The summed E-state index contributed by atoms with van der Waals surface area (Å²) >= 11 is 0. The quantitative estimate of drug-likeness (QED) is 0.936. The molecule has 2 aromatic rings. The van der Waals surface area contributed by atoms with Gasteiger partial charge in [-0.25, -0.2) is 0 Å². The predicted molar refractivity (Wildman–Crippen MR) is 80.2 cm³/mol. The van der Waals surface area contributed by atoms with Gasteiger partial charge < -0.3 is 19.5 Å². The van der Waals surface area contributed by atoms with Crippen LogP contribution in [0, 0.1) is 13.8 Å². The number of hydrogen-bond acceptors (Lipinski definition) is 5. The van der Waals surface area contributed by atoms with Crippen molar-refractivity contribution in [1.82, 2.24) is 4.98 Å². The number of nitrogens with one attached hydrogen (secondary N) is 1. The lowest BCUT2D eigenvalue weighted by molar-refractivity contribution is 0.174. The van der Waals surface area contributed by atoms with Crippen molar-refractivity contribution in [3.05, 3.63) is 41.2 Å². The molecule has 0 bridgehead atoms.